The van der Waals surface area contributed by atoms with Crippen molar-refractivity contribution in [1.82, 2.24) is 0 Å². The van der Waals surface area contributed by atoms with Crippen molar-refractivity contribution in [1.29, 1.82) is 0 Å². The van der Waals surface area contributed by atoms with Crippen molar-refractivity contribution in [3.05, 3.63) is 80.9 Å². The van der Waals surface area contributed by atoms with Gasteiger partial charge in [-0.25, -0.2) is 0 Å². The summed E-state index contributed by atoms with van der Waals surface area (Å²) in [5.41, 5.74) is 11.8. The van der Waals surface area contributed by atoms with Crippen LogP contribution in [0, 0.1) is 27.7 Å². The van der Waals surface area contributed by atoms with Crippen molar-refractivity contribution >= 4 is 44.0 Å². The zero-order chi connectivity index (χ0) is 30.0. The van der Waals surface area contributed by atoms with E-state index in [1.807, 2.05) is 0 Å². The summed E-state index contributed by atoms with van der Waals surface area (Å²) in [4.78, 5) is 0. The van der Waals surface area contributed by atoms with E-state index in [1.165, 1.54) is 95.2 Å². The number of hydrogen-bond donors (Lipinski definition) is 0. The molecule has 0 bridgehead atoms. The molecule has 4 aromatic carbocycles. The number of halogens is 2. The first kappa shape index (κ1) is 35.5. The Morgan fingerprint density at radius 3 is 1.15 bits per heavy atom. The van der Waals surface area contributed by atoms with Crippen molar-refractivity contribution in [3.8, 4) is 0 Å². The van der Waals surface area contributed by atoms with Crippen LogP contribution < -0.4 is 0 Å². The van der Waals surface area contributed by atoms with E-state index in [1.54, 1.807) is 22.3 Å². The SMILES string of the molecule is CCCc1cc(CCC)c2cc(C)[cH-]c2c1C.CCCc1cc(CCC)c2cc(C)[cH-]c2c1C.C[Si](C)=[Zr]([Cl])[Cl]. The molecule has 0 radical (unpaired) electrons. The Kier molecular flexibility index (Phi) is 15.5. The van der Waals surface area contributed by atoms with Crippen LogP contribution in [0.25, 0.3) is 21.5 Å². The molecule has 4 heteroatoms. The number of fused-ring (bicyclic) bond motifs is 2. The van der Waals surface area contributed by atoms with Gasteiger partial charge in [0.15, 0.2) is 0 Å². The molecule has 0 heterocycles. The van der Waals surface area contributed by atoms with Crippen LogP contribution >= 0.6 is 17.0 Å². The Hall–Kier alpha value is -0.660. The van der Waals surface area contributed by atoms with E-state index in [4.69, 9.17) is 17.0 Å². The third-order valence-electron chi connectivity index (χ3n) is 7.68. The van der Waals surface area contributed by atoms with E-state index in [0.29, 0.717) is 0 Å². The Balaban J connectivity index is 0.000000234. The molecule has 0 unspecified atom stereocenters. The second-order valence-corrected chi connectivity index (χ2v) is 34.6. The van der Waals surface area contributed by atoms with Crippen LogP contribution in [0.15, 0.2) is 36.4 Å². The van der Waals surface area contributed by atoms with Crippen LogP contribution in [-0.2, 0) is 43.7 Å². The molecule has 0 aliphatic carbocycles. The maximum absolute atomic E-state index is 5.62. The topological polar surface area (TPSA) is 0 Å². The van der Waals surface area contributed by atoms with Crippen molar-refractivity contribution < 1.29 is 18.0 Å². The molecular weight excluding hydrogens is 623 g/mol. The maximum atomic E-state index is 5.62. The van der Waals surface area contributed by atoms with Gasteiger partial charge in [0.2, 0.25) is 0 Å². The Morgan fingerprint density at radius 2 is 0.875 bits per heavy atom. The van der Waals surface area contributed by atoms with Gasteiger partial charge in [0.25, 0.3) is 0 Å². The third-order valence-corrected chi connectivity index (χ3v) is 27.4. The van der Waals surface area contributed by atoms with E-state index in [0.717, 1.165) is 0 Å². The normalized spacial score (nSPS) is 10.8. The summed E-state index contributed by atoms with van der Waals surface area (Å²) in [7, 11) is 11.2. The number of aryl methyl sites for hydroxylation is 8. The fourth-order valence-corrected chi connectivity index (χ4v) is 5.61. The zero-order valence-electron chi connectivity index (χ0n) is 26.9. The van der Waals surface area contributed by atoms with Crippen LogP contribution in [0.1, 0.15) is 97.9 Å². The van der Waals surface area contributed by atoms with Crippen LogP contribution in [0.3, 0.4) is 0 Å². The van der Waals surface area contributed by atoms with Crippen LogP contribution in [-0.4, -0.2) is 5.43 Å². The van der Waals surface area contributed by atoms with Crippen molar-refractivity contribution in [2.24, 2.45) is 0 Å². The molecule has 0 aliphatic rings. The Bertz CT molecular complexity index is 1300. The van der Waals surface area contributed by atoms with Gasteiger partial charge in [-0.15, -0.1) is 55.9 Å². The molecule has 40 heavy (non-hydrogen) atoms. The van der Waals surface area contributed by atoms with Crippen LogP contribution in [0.5, 0.6) is 0 Å². The first-order valence-electron chi connectivity index (χ1n) is 15.3. The van der Waals surface area contributed by atoms with Gasteiger partial charge in [0.05, 0.1) is 0 Å². The molecule has 0 saturated carbocycles. The number of hydrogen-bond acceptors (Lipinski definition) is 0. The van der Waals surface area contributed by atoms with Crippen molar-refractivity contribution in [3.63, 3.8) is 0 Å². The quantitative estimate of drug-likeness (QED) is 0.129. The average molecular weight is 675 g/mol. The molecule has 0 saturated heterocycles. The van der Waals surface area contributed by atoms with E-state index in [2.05, 4.69) is 105 Å². The monoisotopic (exact) mass is 672 g/mol. The minimum atomic E-state index is -1.65. The van der Waals surface area contributed by atoms with Gasteiger partial charge < -0.3 is 0 Å². The molecule has 4 rings (SSSR count). The predicted molar refractivity (Wildman–Crippen MR) is 183 cm³/mol. The summed E-state index contributed by atoms with van der Waals surface area (Å²) in [6.07, 6.45) is 9.76. The molecule has 0 N–H and O–H groups in total. The molecule has 220 valence electrons. The first-order valence-corrected chi connectivity index (χ1v) is 27.9. The predicted octanol–water partition coefficient (Wildman–Crippen LogP) is 12.3. The van der Waals surface area contributed by atoms with E-state index < -0.39 is 18.0 Å². The van der Waals surface area contributed by atoms with Gasteiger partial charge in [0, 0.05) is 0 Å². The second-order valence-electron chi connectivity index (χ2n) is 11.6. The first-order chi connectivity index (χ1) is 19.0. The average Bonchev–Trinajstić information content (AvgIpc) is 3.49. The van der Waals surface area contributed by atoms with Gasteiger partial charge in [-0.3, -0.25) is 0 Å². The zero-order valence-corrected chi connectivity index (χ0v) is 31.8. The van der Waals surface area contributed by atoms with E-state index >= 15 is 0 Å². The molecule has 0 atom stereocenters. The summed E-state index contributed by atoms with van der Waals surface area (Å²) in [5.74, 6) is 0. The fraction of sp³-hybridized carbons (Fsp3) is 0.500. The summed E-state index contributed by atoms with van der Waals surface area (Å²) in [6, 6.07) is 14.3. The molecule has 0 nitrogen and oxygen atoms in total. The van der Waals surface area contributed by atoms with Gasteiger partial charge in [-0.1, -0.05) is 115 Å². The summed E-state index contributed by atoms with van der Waals surface area (Å²) >= 11 is -1.65. The molecule has 0 amide bonds. The third kappa shape index (κ3) is 9.69. The molecule has 0 spiro atoms. The van der Waals surface area contributed by atoms with Crippen LogP contribution in [0.2, 0.25) is 13.1 Å². The standard InChI is InChI=1S/2C17H23.C2H6Si.2ClH.Zr/c2*1-5-7-14-11-15(8-6-2)17-10-12(3)9-16(17)13(14)4;1-3-2;;;/h2*9-11H,5-8H2,1-4H3;1-2H3;2*1H;/q2*-1;;;;+2/p-2. The van der Waals surface area contributed by atoms with Gasteiger partial charge >= 0.3 is 53.5 Å². The van der Waals surface area contributed by atoms with E-state index in [9.17, 15) is 0 Å². The number of rotatable bonds is 8. The molecule has 4 aromatic rings. The number of benzene rings is 2. The summed E-state index contributed by atoms with van der Waals surface area (Å²) < 4.78 is 0. The van der Waals surface area contributed by atoms with Gasteiger partial charge in [-0.2, -0.15) is 12.1 Å². The molecule has 0 aromatic heterocycles. The van der Waals surface area contributed by atoms with E-state index in [-0.39, 0.29) is 5.43 Å². The molecule has 0 aliphatic heterocycles. The van der Waals surface area contributed by atoms with Gasteiger partial charge in [0.1, 0.15) is 0 Å². The molecule has 0 fully saturated rings. The summed E-state index contributed by atoms with van der Waals surface area (Å²) in [6.45, 7) is 22.4. The van der Waals surface area contributed by atoms with Gasteiger partial charge in [-0.05, 0) is 25.7 Å². The van der Waals surface area contributed by atoms with Crippen molar-refractivity contribution in [2.45, 2.75) is 120 Å². The second kappa shape index (κ2) is 17.5. The Labute approximate surface area is 260 Å². The minimum absolute atomic E-state index is 0.224. The van der Waals surface area contributed by atoms with Crippen LogP contribution in [0.4, 0.5) is 0 Å². The Morgan fingerprint density at radius 1 is 0.575 bits per heavy atom. The fourth-order valence-electron chi connectivity index (χ4n) is 5.61. The summed E-state index contributed by atoms with van der Waals surface area (Å²) in [5, 5.41) is 5.94. The van der Waals surface area contributed by atoms with Crippen molar-refractivity contribution in [2.75, 3.05) is 0 Å². The molecular formula is C36H52Cl2SiZr-2.